The first-order valence-corrected chi connectivity index (χ1v) is 13.0. The molecule has 2 aromatic rings. The number of hydrogen-bond acceptors (Lipinski definition) is 2. The molecule has 1 aliphatic rings. The fraction of sp³-hybridized carbons (Fsp3) is 0.567. The van der Waals surface area contributed by atoms with Gasteiger partial charge >= 0.3 is 0 Å². The van der Waals surface area contributed by atoms with Crippen molar-refractivity contribution in [2.45, 2.75) is 90.4 Å². The Hall–Kier alpha value is -2.27. The van der Waals surface area contributed by atoms with E-state index >= 15 is 0 Å². The van der Waals surface area contributed by atoms with Crippen molar-refractivity contribution in [1.29, 1.82) is 5.26 Å². The number of rotatable bonds is 13. The second-order valence-electron chi connectivity index (χ2n) is 9.65. The number of ether oxygens (including phenoxy) is 1. The van der Waals surface area contributed by atoms with E-state index in [-0.39, 0.29) is 0 Å². The number of unbranched alkanes of at least 4 members (excludes halogenated alkanes) is 5. The highest BCUT2D eigenvalue weighted by Gasteiger charge is 2.20. The second kappa shape index (κ2) is 14.0. The highest BCUT2D eigenvalue weighted by atomic mass is 16.5. The SMILES string of the molecule is CCCCCCCCC1CCC(CCCOc2ccc(-c3ccc(C#N)cc3)cc2)CC1. The van der Waals surface area contributed by atoms with Gasteiger partial charge in [-0.1, -0.05) is 102 Å². The summed E-state index contributed by atoms with van der Waals surface area (Å²) in [5, 5.41) is 8.93. The molecule has 0 radical (unpaired) electrons. The lowest BCUT2D eigenvalue weighted by Crippen LogP contribution is -2.15. The Morgan fingerprint density at radius 3 is 1.84 bits per heavy atom. The summed E-state index contributed by atoms with van der Waals surface area (Å²) < 4.78 is 6.00. The maximum absolute atomic E-state index is 8.93. The van der Waals surface area contributed by atoms with Gasteiger partial charge in [0.15, 0.2) is 0 Å². The van der Waals surface area contributed by atoms with Crippen molar-refractivity contribution in [3.05, 3.63) is 54.1 Å². The fourth-order valence-electron chi connectivity index (χ4n) is 5.07. The van der Waals surface area contributed by atoms with Gasteiger partial charge in [-0.05, 0) is 60.1 Å². The van der Waals surface area contributed by atoms with Gasteiger partial charge in [-0.15, -0.1) is 0 Å². The molecule has 2 heteroatoms. The Labute approximate surface area is 196 Å². The Morgan fingerprint density at radius 1 is 0.719 bits per heavy atom. The normalized spacial score (nSPS) is 18.2. The van der Waals surface area contributed by atoms with Gasteiger partial charge in [0.1, 0.15) is 5.75 Å². The zero-order valence-corrected chi connectivity index (χ0v) is 20.0. The minimum absolute atomic E-state index is 0.694. The van der Waals surface area contributed by atoms with Crippen LogP contribution in [-0.4, -0.2) is 6.61 Å². The number of nitriles is 1. The van der Waals surface area contributed by atoms with Crippen molar-refractivity contribution in [3.8, 4) is 22.9 Å². The summed E-state index contributed by atoms with van der Waals surface area (Å²) in [6, 6.07) is 18.2. The highest BCUT2D eigenvalue weighted by Crippen LogP contribution is 2.34. The molecule has 0 aliphatic heterocycles. The van der Waals surface area contributed by atoms with E-state index < -0.39 is 0 Å². The molecule has 172 valence electrons. The molecule has 0 saturated heterocycles. The van der Waals surface area contributed by atoms with Gasteiger partial charge in [0.2, 0.25) is 0 Å². The molecular formula is C30H41NO. The smallest absolute Gasteiger partial charge is 0.119 e. The van der Waals surface area contributed by atoms with E-state index in [9.17, 15) is 0 Å². The molecule has 1 saturated carbocycles. The fourth-order valence-corrected chi connectivity index (χ4v) is 5.07. The van der Waals surface area contributed by atoms with Crippen LogP contribution in [0.2, 0.25) is 0 Å². The molecule has 0 unspecified atom stereocenters. The van der Waals surface area contributed by atoms with Crippen molar-refractivity contribution >= 4 is 0 Å². The molecule has 0 bridgehead atoms. The highest BCUT2D eigenvalue weighted by molar-refractivity contribution is 5.64. The van der Waals surface area contributed by atoms with Crippen LogP contribution in [-0.2, 0) is 0 Å². The third kappa shape index (κ3) is 8.34. The van der Waals surface area contributed by atoms with Crippen LogP contribution in [0.3, 0.4) is 0 Å². The minimum Gasteiger partial charge on any atom is -0.494 e. The lowest BCUT2D eigenvalue weighted by Gasteiger charge is -2.28. The van der Waals surface area contributed by atoms with Gasteiger partial charge in [-0.25, -0.2) is 0 Å². The van der Waals surface area contributed by atoms with Crippen LogP contribution in [0.4, 0.5) is 0 Å². The molecule has 3 rings (SSSR count). The Morgan fingerprint density at radius 2 is 1.25 bits per heavy atom. The standard InChI is InChI=1S/C30H41NO/c1-2-3-4-5-6-7-9-25-11-13-26(14-12-25)10-8-23-32-30-21-19-29(20-22-30)28-17-15-27(24-31)16-18-28/h15-22,25-26H,2-14,23H2,1H3. The van der Waals surface area contributed by atoms with Crippen molar-refractivity contribution in [2.24, 2.45) is 11.8 Å². The first-order valence-electron chi connectivity index (χ1n) is 13.0. The summed E-state index contributed by atoms with van der Waals surface area (Å²) in [6.07, 6.45) is 18.3. The predicted molar refractivity (Wildman–Crippen MR) is 135 cm³/mol. The van der Waals surface area contributed by atoms with Crippen molar-refractivity contribution in [2.75, 3.05) is 6.61 Å². The lowest BCUT2D eigenvalue weighted by molar-refractivity contribution is 0.228. The van der Waals surface area contributed by atoms with Gasteiger partial charge in [-0.3, -0.25) is 0 Å². The van der Waals surface area contributed by atoms with Crippen molar-refractivity contribution in [3.63, 3.8) is 0 Å². The van der Waals surface area contributed by atoms with Crippen LogP contribution in [0.15, 0.2) is 48.5 Å². The summed E-state index contributed by atoms with van der Waals surface area (Å²) in [5.74, 6) is 2.87. The topological polar surface area (TPSA) is 33.0 Å². The molecule has 1 aliphatic carbocycles. The maximum atomic E-state index is 8.93. The first-order chi connectivity index (χ1) is 15.8. The molecule has 0 N–H and O–H groups in total. The number of hydrogen-bond donors (Lipinski definition) is 0. The molecule has 1 fully saturated rings. The van der Waals surface area contributed by atoms with Gasteiger partial charge in [0.25, 0.3) is 0 Å². The van der Waals surface area contributed by atoms with E-state index in [0.717, 1.165) is 41.7 Å². The first kappa shape index (κ1) is 24.4. The third-order valence-corrected chi connectivity index (χ3v) is 7.16. The monoisotopic (exact) mass is 431 g/mol. The lowest BCUT2D eigenvalue weighted by atomic mass is 9.78. The molecule has 32 heavy (non-hydrogen) atoms. The zero-order valence-electron chi connectivity index (χ0n) is 20.0. The van der Waals surface area contributed by atoms with Crippen molar-refractivity contribution < 1.29 is 4.74 Å². The van der Waals surface area contributed by atoms with Gasteiger partial charge in [-0.2, -0.15) is 5.26 Å². The molecule has 2 nitrogen and oxygen atoms in total. The van der Waals surface area contributed by atoms with E-state index in [1.54, 1.807) is 0 Å². The van der Waals surface area contributed by atoms with E-state index in [1.807, 2.05) is 24.3 Å². The molecule has 0 spiro atoms. The zero-order chi connectivity index (χ0) is 22.4. The quantitative estimate of drug-likeness (QED) is 0.296. The molecule has 0 heterocycles. The molecule has 0 amide bonds. The summed E-state index contributed by atoms with van der Waals surface area (Å²) in [5.41, 5.74) is 2.97. The van der Waals surface area contributed by atoms with Gasteiger partial charge in [0, 0.05) is 0 Å². The van der Waals surface area contributed by atoms with Crippen molar-refractivity contribution in [1.82, 2.24) is 0 Å². The van der Waals surface area contributed by atoms with E-state index in [1.165, 1.54) is 77.0 Å². The van der Waals surface area contributed by atoms with Crippen LogP contribution in [0, 0.1) is 23.2 Å². The van der Waals surface area contributed by atoms with E-state index in [2.05, 4.69) is 37.3 Å². The average molecular weight is 432 g/mol. The number of nitrogens with zero attached hydrogens (tertiary/aromatic N) is 1. The summed E-state index contributed by atoms with van der Waals surface area (Å²) in [7, 11) is 0. The average Bonchev–Trinajstić information content (AvgIpc) is 2.85. The Kier molecular flexibility index (Phi) is 10.7. The maximum Gasteiger partial charge on any atom is 0.119 e. The summed E-state index contributed by atoms with van der Waals surface area (Å²) in [4.78, 5) is 0. The molecule has 2 aromatic carbocycles. The van der Waals surface area contributed by atoms with E-state index in [0.29, 0.717) is 5.56 Å². The summed E-state index contributed by atoms with van der Waals surface area (Å²) >= 11 is 0. The molecular weight excluding hydrogens is 390 g/mol. The number of benzene rings is 2. The molecule has 0 aromatic heterocycles. The van der Waals surface area contributed by atoms with Gasteiger partial charge in [0.05, 0.1) is 18.2 Å². The van der Waals surface area contributed by atoms with Gasteiger partial charge < -0.3 is 4.74 Å². The largest absolute Gasteiger partial charge is 0.494 e. The predicted octanol–water partition coefficient (Wildman–Crippen LogP) is 8.94. The van der Waals surface area contributed by atoms with E-state index in [4.69, 9.17) is 10.00 Å². The van der Waals surface area contributed by atoms with Crippen LogP contribution in [0.25, 0.3) is 11.1 Å². The minimum atomic E-state index is 0.694. The van der Waals surface area contributed by atoms with Crippen LogP contribution in [0.1, 0.15) is 96.0 Å². The van der Waals surface area contributed by atoms with Crippen LogP contribution < -0.4 is 4.74 Å². The molecule has 0 atom stereocenters. The third-order valence-electron chi connectivity index (χ3n) is 7.16. The Balaban J connectivity index is 1.26. The summed E-state index contributed by atoms with van der Waals surface area (Å²) in [6.45, 7) is 3.11. The van der Waals surface area contributed by atoms with Crippen LogP contribution in [0.5, 0.6) is 5.75 Å². The Bertz CT molecular complexity index is 794. The van der Waals surface area contributed by atoms with Crippen LogP contribution >= 0.6 is 0 Å². The second-order valence-corrected chi connectivity index (χ2v) is 9.65.